The van der Waals surface area contributed by atoms with Crippen molar-refractivity contribution in [2.45, 2.75) is 0 Å². The van der Waals surface area contributed by atoms with Gasteiger partial charge in [0, 0.05) is 36.9 Å². The van der Waals surface area contributed by atoms with Gasteiger partial charge in [-0.3, -0.25) is 4.79 Å². The van der Waals surface area contributed by atoms with Crippen molar-refractivity contribution in [3.63, 3.8) is 0 Å². The maximum atomic E-state index is 12.8. The number of nitrogen functional groups attached to an aromatic ring is 1. The lowest BCUT2D eigenvalue weighted by Crippen LogP contribution is -2.44. The summed E-state index contributed by atoms with van der Waals surface area (Å²) in [5.74, 6) is 0.183. The minimum atomic E-state index is -0.287. The van der Waals surface area contributed by atoms with E-state index in [0.717, 1.165) is 31.9 Å². The highest BCUT2D eigenvalue weighted by atomic mass is 35.5. The minimum absolute atomic E-state index is 0.287. The second-order valence-electron chi connectivity index (χ2n) is 6.37. The zero-order valence-corrected chi connectivity index (χ0v) is 15.7. The van der Waals surface area contributed by atoms with Gasteiger partial charge in [0.25, 0.3) is 5.91 Å². The smallest absolute Gasteiger partial charge is 0.259 e. The predicted molar refractivity (Wildman–Crippen MR) is 107 cm³/mol. The number of nitrogens with zero attached hydrogens (tertiary/aromatic N) is 2. The number of amides is 1. The molecule has 0 radical (unpaired) electrons. The number of nitrogens with two attached hydrogens (primary N) is 1. The van der Waals surface area contributed by atoms with Crippen molar-refractivity contribution in [3.05, 3.63) is 47.0 Å². The van der Waals surface area contributed by atoms with E-state index >= 15 is 0 Å². The summed E-state index contributed by atoms with van der Waals surface area (Å²) in [6.07, 6.45) is 0. The van der Waals surface area contributed by atoms with Crippen LogP contribution in [0.15, 0.2) is 36.4 Å². The third kappa shape index (κ3) is 4.03. The molecular formula is C19H23ClN4O2. The molecule has 0 bridgehead atoms. The number of nitrogens with one attached hydrogen (secondary N) is 1. The van der Waals surface area contributed by atoms with Gasteiger partial charge in [0.15, 0.2) is 0 Å². The van der Waals surface area contributed by atoms with Gasteiger partial charge in [-0.1, -0.05) is 11.6 Å². The Hall–Kier alpha value is -2.44. The molecule has 1 saturated heterocycles. The summed E-state index contributed by atoms with van der Waals surface area (Å²) in [6.45, 7) is 3.73. The van der Waals surface area contributed by atoms with Crippen molar-refractivity contribution < 1.29 is 9.53 Å². The molecule has 0 atom stereocenters. The number of rotatable bonds is 4. The lowest BCUT2D eigenvalue weighted by molar-refractivity contribution is 0.102. The maximum Gasteiger partial charge on any atom is 0.259 e. The molecular weight excluding hydrogens is 352 g/mol. The van der Waals surface area contributed by atoms with Gasteiger partial charge in [0.05, 0.1) is 24.0 Å². The quantitative estimate of drug-likeness (QED) is 0.805. The van der Waals surface area contributed by atoms with E-state index < -0.39 is 0 Å². The molecule has 0 aromatic heterocycles. The van der Waals surface area contributed by atoms with Crippen LogP contribution in [0.3, 0.4) is 0 Å². The van der Waals surface area contributed by atoms with Gasteiger partial charge in [0.1, 0.15) is 5.75 Å². The number of halogens is 1. The number of hydrogen-bond acceptors (Lipinski definition) is 5. The monoisotopic (exact) mass is 374 g/mol. The lowest BCUT2D eigenvalue weighted by atomic mass is 10.1. The van der Waals surface area contributed by atoms with Crippen molar-refractivity contribution in [2.24, 2.45) is 0 Å². The standard InChI is InChI=1S/C19H23ClN4O2/c1-23-7-9-24(10-8-23)17-5-4-14(21)12-16(17)22-19(25)15-11-13(20)3-6-18(15)26-2/h3-6,11-12H,7-10,21H2,1-2H3,(H,22,25). The van der Waals surface area contributed by atoms with Crippen molar-refractivity contribution in [3.8, 4) is 5.75 Å². The number of ether oxygens (including phenoxy) is 1. The summed E-state index contributed by atoms with van der Waals surface area (Å²) in [7, 11) is 3.63. The molecule has 3 rings (SSSR count). The molecule has 1 aliphatic rings. The van der Waals surface area contributed by atoms with Crippen LogP contribution in [0.25, 0.3) is 0 Å². The summed E-state index contributed by atoms with van der Waals surface area (Å²) in [4.78, 5) is 17.4. The van der Waals surface area contributed by atoms with Crippen LogP contribution >= 0.6 is 11.6 Å². The fraction of sp³-hybridized carbons (Fsp3) is 0.316. The van der Waals surface area contributed by atoms with Gasteiger partial charge in [-0.05, 0) is 43.4 Å². The first-order chi connectivity index (χ1) is 12.5. The highest BCUT2D eigenvalue weighted by Gasteiger charge is 2.20. The van der Waals surface area contributed by atoms with E-state index in [1.165, 1.54) is 7.11 Å². The molecule has 6 nitrogen and oxygen atoms in total. The fourth-order valence-corrected chi connectivity index (χ4v) is 3.20. The molecule has 0 unspecified atom stereocenters. The molecule has 1 amide bonds. The first-order valence-electron chi connectivity index (χ1n) is 8.46. The largest absolute Gasteiger partial charge is 0.496 e. The van der Waals surface area contributed by atoms with Gasteiger partial charge in [-0.25, -0.2) is 0 Å². The van der Waals surface area contributed by atoms with Gasteiger partial charge >= 0.3 is 0 Å². The van der Waals surface area contributed by atoms with Crippen LogP contribution < -0.4 is 20.7 Å². The van der Waals surface area contributed by atoms with E-state index in [1.807, 2.05) is 12.1 Å². The molecule has 1 heterocycles. The number of hydrogen-bond donors (Lipinski definition) is 2. The minimum Gasteiger partial charge on any atom is -0.496 e. The van der Waals surface area contributed by atoms with Crippen molar-refractivity contribution in [1.29, 1.82) is 0 Å². The number of likely N-dealkylation sites (N-methyl/N-ethyl adjacent to an activating group) is 1. The third-order valence-electron chi connectivity index (χ3n) is 4.52. The molecule has 1 aliphatic heterocycles. The molecule has 1 fully saturated rings. The molecule has 2 aromatic rings. The van der Waals surface area contributed by atoms with Crippen molar-refractivity contribution >= 4 is 34.6 Å². The zero-order valence-electron chi connectivity index (χ0n) is 15.0. The third-order valence-corrected chi connectivity index (χ3v) is 4.75. The number of piperazine rings is 1. The summed E-state index contributed by atoms with van der Waals surface area (Å²) in [6, 6.07) is 10.5. The van der Waals surface area contributed by atoms with E-state index in [2.05, 4.69) is 22.2 Å². The number of carbonyl (C=O) groups excluding carboxylic acids is 1. The second kappa shape index (κ2) is 7.85. The Labute approximate surface area is 158 Å². The number of carbonyl (C=O) groups is 1. The SMILES string of the molecule is COc1ccc(Cl)cc1C(=O)Nc1cc(N)ccc1N1CCN(C)CC1. The Morgan fingerprint density at radius 1 is 1.15 bits per heavy atom. The molecule has 2 aromatic carbocycles. The summed E-state index contributed by atoms with van der Waals surface area (Å²) in [5.41, 5.74) is 8.57. The molecule has 0 aliphatic carbocycles. The van der Waals surface area contributed by atoms with Crippen LogP contribution in [-0.2, 0) is 0 Å². The second-order valence-corrected chi connectivity index (χ2v) is 6.80. The first kappa shape index (κ1) is 18.4. The van der Waals surface area contributed by atoms with Gasteiger partial charge in [0.2, 0.25) is 0 Å². The summed E-state index contributed by atoms with van der Waals surface area (Å²) in [5, 5.41) is 3.44. The number of methoxy groups -OCH3 is 1. The van der Waals surface area contributed by atoms with Gasteiger partial charge in [-0.15, -0.1) is 0 Å². The van der Waals surface area contributed by atoms with Crippen LogP contribution in [0, 0.1) is 0 Å². The Kier molecular flexibility index (Phi) is 5.54. The van der Waals surface area contributed by atoms with Gasteiger partial charge in [-0.2, -0.15) is 0 Å². The average Bonchev–Trinajstić information content (AvgIpc) is 2.63. The number of benzene rings is 2. The van der Waals surface area contributed by atoms with Crippen LogP contribution in [0.1, 0.15) is 10.4 Å². The molecule has 26 heavy (non-hydrogen) atoms. The fourth-order valence-electron chi connectivity index (χ4n) is 3.02. The van der Waals surface area contributed by atoms with Crippen LogP contribution in [0.4, 0.5) is 17.1 Å². The molecule has 0 spiro atoms. The molecule has 7 heteroatoms. The normalized spacial score (nSPS) is 15.0. The van der Waals surface area contributed by atoms with E-state index in [0.29, 0.717) is 27.7 Å². The van der Waals surface area contributed by atoms with E-state index in [4.69, 9.17) is 22.1 Å². The number of anilines is 3. The highest BCUT2D eigenvalue weighted by Crippen LogP contribution is 2.31. The van der Waals surface area contributed by atoms with E-state index in [9.17, 15) is 4.79 Å². The lowest BCUT2D eigenvalue weighted by Gasteiger charge is -2.35. The Bertz CT molecular complexity index is 804. The topological polar surface area (TPSA) is 70.8 Å². The molecule has 138 valence electrons. The van der Waals surface area contributed by atoms with E-state index in [1.54, 1.807) is 24.3 Å². The Morgan fingerprint density at radius 2 is 1.88 bits per heavy atom. The zero-order chi connectivity index (χ0) is 18.7. The van der Waals surface area contributed by atoms with Crippen LogP contribution in [0.2, 0.25) is 5.02 Å². The highest BCUT2D eigenvalue weighted by molar-refractivity contribution is 6.31. The van der Waals surface area contributed by atoms with Crippen LogP contribution in [0.5, 0.6) is 5.75 Å². The summed E-state index contributed by atoms with van der Waals surface area (Å²) < 4.78 is 5.28. The van der Waals surface area contributed by atoms with Crippen molar-refractivity contribution in [2.75, 3.05) is 56.3 Å². The van der Waals surface area contributed by atoms with Crippen LogP contribution in [-0.4, -0.2) is 51.1 Å². The van der Waals surface area contributed by atoms with Gasteiger partial charge < -0.3 is 25.6 Å². The molecule has 3 N–H and O–H groups in total. The summed E-state index contributed by atoms with van der Waals surface area (Å²) >= 11 is 6.04. The van der Waals surface area contributed by atoms with E-state index in [-0.39, 0.29) is 5.91 Å². The maximum absolute atomic E-state index is 12.8. The Morgan fingerprint density at radius 3 is 2.58 bits per heavy atom. The average molecular weight is 375 g/mol. The Balaban J connectivity index is 1.88. The molecule has 0 saturated carbocycles. The first-order valence-corrected chi connectivity index (χ1v) is 8.83. The predicted octanol–water partition coefficient (Wildman–Crippen LogP) is 2.93. The van der Waals surface area contributed by atoms with Crippen molar-refractivity contribution in [1.82, 2.24) is 4.90 Å².